The van der Waals surface area contributed by atoms with E-state index in [9.17, 15) is 0 Å². The lowest BCUT2D eigenvalue weighted by Crippen LogP contribution is -1.84. The van der Waals surface area contributed by atoms with Crippen LogP contribution in [0.1, 0.15) is 20.8 Å². The molecule has 0 spiro atoms. The van der Waals surface area contributed by atoms with E-state index in [1.54, 1.807) is 6.92 Å². The summed E-state index contributed by atoms with van der Waals surface area (Å²) in [6.45, 7) is 19.5. The van der Waals surface area contributed by atoms with E-state index in [-0.39, 0.29) is 11.8 Å². The molecule has 88 valence electrons. The quantitative estimate of drug-likeness (QED) is 0.480. The van der Waals surface area contributed by atoms with Crippen molar-refractivity contribution in [3.63, 3.8) is 0 Å². The van der Waals surface area contributed by atoms with E-state index in [1.807, 2.05) is 13.8 Å². The Balaban J connectivity index is 0. The van der Waals surface area contributed by atoms with Crippen molar-refractivity contribution in [2.45, 2.75) is 20.8 Å². The van der Waals surface area contributed by atoms with Crippen LogP contribution in [0.5, 0.6) is 0 Å². The normalized spacial score (nSPS) is 9.44. The molecule has 16 heavy (non-hydrogen) atoms. The van der Waals surface area contributed by atoms with Crippen LogP contribution in [-0.2, 0) is 4.74 Å². The molecule has 0 aliphatic rings. The molecular formula is C11H18N4O. The zero-order valence-corrected chi connectivity index (χ0v) is 10.1. The second-order valence-corrected chi connectivity index (χ2v) is 2.22. The van der Waals surface area contributed by atoms with Crippen LogP contribution < -0.4 is 0 Å². The number of rotatable bonds is 6. The molecule has 0 bridgehead atoms. The summed E-state index contributed by atoms with van der Waals surface area (Å²) in [5, 5.41) is 14.2. The predicted octanol–water partition coefficient (Wildman–Crippen LogP) is 4.55. The molecule has 0 aromatic heterocycles. The molecule has 5 nitrogen and oxygen atoms in total. The van der Waals surface area contributed by atoms with Gasteiger partial charge in [-0.2, -0.15) is 10.2 Å². The van der Waals surface area contributed by atoms with E-state index in [4.69, 9.17) is 4.74 Å². The van der Waals surface area contributed by atoms with Gasteiger partial charge in [-0.3, -0.25) is 0 Å². The average Bonchev–Trinajstić information content (AvgIpc) is 2.26. The minimum Gasteiger partial charge on any atom is -0.419 e. The Labute approximate surface area is 96.6 Å². The SMILES string of the molecule is C=CN=NC(=C)OC(=C)N=NC(=C)C.CC. The van der Waals surface area contributed by atoms with Crippen LogP contribution in [-0.4, -0.2) is 0 Å². The van der Waals surface area contributed by atoms with Gasteiger partial charge in [0.1, 0.15) is 0 Å². The Morgan fingerprint density at radius 2 is 1.50 bits per heavy atom. The van der Waals surface area contributed by atoms with Crippen molar-refractivity contribution in [2.75, 3.05) is 0 Å². The molecule has 0 radical (unpaired) electrons. The summed E-state index contributed by atoms with van der Waals surface area (Å²) >= 11 is 0. The maximum atomic E-state index is 4.90. The summed E-state index contributed by atoms with van der Waals surface area (Å²) < 4.78 is 4.90. The van der Waals surface area contributed by atoms with E-state index in [0.717, 1.165) is 0 Å². The Morgan fingerprint density at radius 1 is 1.00 bits per heavy atom. The first kappa shape index (κ1) is 16.4. The zero-order chi connectivity index (χ0) is 13.0. The highest BCUT2D eigenvalue weighted by Gasteiger charge is 1.94. The molecule has 0 aromatic carbocycles. The molecule has 0 saturated carbocycles. The summed E-state index contributed by atoms with van der Waals surface area (Å²) in [5.41, 5.74) is 0.549. The van der Waals surface area contributed by atoms with Crippen LogP contribution in [0.4, 0.5) is 0 Å². The number of azo groups is 2. The van der Waals surface area contributed by atoms with Gasteiger partial charge in [-0.05, 0) is 20.1 Å². The number of allylic oxidation sites excluding steroid dienone is 1. The summed E-state index contributed by atoms with van der Waals surface area (Å²) in [6.07, 6.45) is 1.26. The molecule has 0 saturated heterocycles. The first-order chi connectivity index (χ1) is 7.56. The Hall–Kier alpha value is -2.04. The molecule has 0 aromatic rings. The summed E-state index contributed by atoms with van der Waals surface area (Å²) in [7, 11) is 0. The fraction of sp³-hybridized carbons (Fsp3) is 0.273. The van der Waals surface area contributed by atoms with Crippen LogP contribution in [0.25, 0.3) is 0 Å². The van der Waals surface area contributed by atoms with Gasteiger partial charge in [0, 0.05) is 6.20 Å². The van der Waals surface area contributed by atoms with Gasteiger partial charge in [0.15, 0.2) is 0 Å². The zero-order valence-electron chi connectivity index (χ0n) is 10.1. The maximum absolute atomic E-state index is 4.90. The number of hydrogen-bond donors (Lipinski definition) is 0. The number of ether oxygens (including phenoxy) is 1. The molecule has 0 N–H and O–H groups in total. The van der Waals surface area contributed by atoms with Gasteiger partial charge in [0.05, 0.1) is 5.70 Å². The third-order valence-corrected chi connectivity index (χ3v) is 0.819. The third-order valence-electron chi connectivity index (χ3n) is 0.819. The van der Waals surface area contributed by atoms with Crippen LogP contribution in [0.15, 0.2) is 70.4 Å². The fourth-order valence-corrected chi connectivity index (χ4v) is 0.423. The predicted molar refractivity (Wildman–Crippen MR) is 65.4 cm³/mol. The first-order valence-electron chi connectivity index (χ1n) is 4.71. The van der Waals surface area contributed by atoms with Crippen molar-refractivity contribution in [1.82, 2.24) is 0 Å². The van der Waals surface area contributed by atoms with Gasteiger partial charge in [-0.1, -0.05) is 27.0 Å². The molecular weight excluding hydrogens is 204 g/mol. The molecule has 0 aliphatic carbocycles. The Kier molecular flexibility index (Phi) is 11.3. The fourth-order valence-electron chi connectivity index (χ4n) is 0.423. The standard InChI is InChI=1S/C9H12N4O.C2H6/c1-6-10-12-8(4)14-9(5)13-11-7(2)3;1-2/h6H,1-2,4-5H2,3H3;1-2H3. The van der Waals surface area contributed by atoms with Gasteiger partial charge >= 0.3 is 0 Å². The van der Waals surface area contributed by atoms with Crippen LogP contribution in [0.2, 0.25) is 0 Å². The Morgan fingerprint density at radius 3 is 1.94 bits per heavy atom. The third kappa shape index (κ3) is 12.0. The van der Waals surface area contributed by atoms with E-state index >= 15 is 0 Å². The largest absolute Gasteiger partial charge is 0.419 e. The van der Waals surface area contributed by atoms with E-state index in [0.29, 0.717) is 5.70 Å². The van der Waals surface area contributed by atoms with Crippen molar-refractivity contribution in [3.8, 4) is 0 Å². The van der Waals surface area contributed by atoms with Crippen LogP contribution in [0, 0.1) is 0 Å². The number of nitrogens with zero attached hydrogens (tertiary/aromatic N) is 4. The van der Waals surface area contributed by atoms with E-state index < -0.39 is 0 Å². The van der Waals surface area contributed by atoms with Gasteiger partial charge < -0.3 is 4.74 Å². The maximum Gasteiger partial charge on any atom is 0.233 e. The molecule has 0 heterocycles. The second kappa shape index (κ2) is 11.0. The summed E-state index contributed by atoms with van der Waals surface area (Å²) in [6, 6.07) is 0. The molecule has 0 aliphatic heterocycles. The first-order valence-corrected chi connectivity index (χ1v) is 4.71. The van der Waals surface area contributed by atoms with Crippen molar-refractivity contribution < 1.29 is 4.74 Å². The lowest BCUT2D eigenvalue weighted by atomic mass is 10.6. The van der Waals surface area contributed by atoms with Gasteiger partial charge in [-0.15, -0.1) is 10.2 Å². The van der Waals surface area contributed by atoms with Crippen molar-refractivity contribution in [1.29, 1.82) is 0 Å². The molecule has 0 rings (SSSR count). The highest BCUT2D eigenvalue weighted by molar-refractivity contribution is 4.91. The summed E-state index contributed by atoms with van der Waals surface area (Å²) in [5.74, 6) is 0.136. The van der Waals surface area contributed by atoms with Gasteiger partial charge in [0.25, 0.3) is 0 Å². The van der Waals surface area contributed by atoms with Crippen LogP contribution >= 0.6 is 0 Å². The monoisotopic (exact) mass is 222 g/mol. The van der Waals surface area contributed by atoms with Gasteiger partial charge in [0.2, 0.25) is 11.8 Å². The molecule has 5 heteroatoms. The highest BCUT2D eigenvalue weighted by atomic mass is 16.5. The lowest BCUT2D eigenvalue weighted by Gasteiger charge is -1.99. The molecule has 0 atom stereocenters. The summed E-state index contributed by atoms with van der Waals surface area (Å²) in [4.78, 5) is 0. The van der Waals surface area contributed by atoms with Gasteiger partial charge in [-0.25, -0.2) is 0 Å². The molecule has 0 fully saturated rings. The minimum absolute atomic E-state index is 0.0653. The lowest BCUT2D eigenvalue weighted by molar-refractivity contribution is 0.294. The number of hydrogen-bond acceptors (Lipinski definition) is 5. The van der Waals surface area contributed by atoms with Crippen LogP contribution in [0.3, 0.4) is 0 Å². The second-order valence-electron chi connectivity index (χ2n) is 2.22. The minimum atomic E-state index is 0.0653. The smallest absolute Gasteiger partial charge is 0.233 e. The van der Waals surface area contributed by atoms with Crippen molar-refractivity contribution >= 4 is 0 Å². The molecule has 0 amide bonds. The van der Waals surface area contributed by atoms with E-state index in [1.165, 1.54) is 6.20 Å². The van der Waals surface area contributed by atoms with Crippen molar-refractivity contribution in [2.24, 2.45) is 20.5 Å². The van der Waals surface area contributed by atoms with Crippen molar-refractivity contribution in [3.05, 3.63) is 50.0 Å². The van der Waals surface area contributed by atoms with E-state index in [2.05, 4.69) is 46.8 Å². The Bertz CT molecular complexity index is 316. The highest BCUT2D eigenvalue weighted by Crippen LogP contribution is 2.07. The topological polar surface area (TPSA) is 58.7 Å². The molecule has 0 unspecified atom stereocenters. The average molecular weight is 222 g/mol.